The van der Waals surface area contributed by atoms with Crippen molar-refractivity contribution >= 4 is 34.9 Å². The largest absolute Gasteiger partial charge is 0.467 e. The highest BCUT2D eigenvalue weighted by molar-refractivity contribution is 6.33. The second-order valence-electron chi connectivity index (χ2n) is 6.02. The molecule has 1 aromatic carbocycles. The van der Waals surface area contributed by atoms with Crippen LogP contribution in [0, 0.1) is 0 Å². The first-order valence-electron chi connectivity index (χ1n) is 8.02. The van der Waals surface area contributed by atoms with Gasteiger partial charge in [-0.1, -0.05) is 11.6 Å². The summed E-state index contributed by atoms with van der Waals surface area (Å²) in [5.41, 5.74) is -0.329. The van der Waals surface area contributed by atoms with Crippen LogP contribution in [0.1, 0.15) is 23.2 Å². The first kappa shape index (κ1) is 18.0. The fourth-order valence-corrected chi connectivity index (χ4v) is 3.11. The quantitative estimate of drug-likeness (QED) is 0.783. The minimum atomic E-state index is -0.968. The molecule has 1 amide bonds. The molecule has 0 saturated heterocycles. The summed E-state index contributed by atoms with van der Waals surface area (Å²) in [6, 6.07) is 7.90. The molecule has 1 aromatic heterocycles. The topological polar surface area (TPSA) is 89.4 Å². The summed E-state index contributed by atoms with van der Waals surface area (Å²) in [5.74, 6) is -0.926. The Morgan fingerprint density at radius 1 is 1.23 bits per heavy atom. The van der Waals surface area contributed by atoms with Crippen molar-refractivity contribution in [3.8, 4) is 0 Å². The number of carbonyl (C=O) groups is 2. The number of nitrogens with zero attached hydrogens (tertiary/aromatic N) is 1. The molecule has 7 nitrogen and oxygen atoms in total. The Hall–Kier alpha value is -2.80. The second-order valence-corrected chi connectivity index (χ2v) is 6.43. The lowest BCUT2D eigenvalue weighted by Gasteiger charge is -2.17. The van der Waals surface area contributed by atoms with Gasteiger partial charge in [-0.3, -0.25) is 14.2 Å². The van der Waals surface area contributed by atoms with Crippen LogP contribution in [0.15, 0.2) is 41.3 Å². The van der Waals surface area contributed by atoms with Gasteiger partial charge in [0.2, 0.25) is 0 Å². The zero-order valence-corrected chi connectivity index (χ0v) is 15.1. The highest BCUT2D eigenvalue weighted by atomic mass is 35.5. The number of rotatable bonds is 5. The maximum Gasteiger partial charge on any atom is 0.332 e. The molecule has 2 aromatic rings. The van der Waals surface area contributed by atoms with Gasteiger partial charge in [0.15, 0.2) is 0 Å². The molecule has 0 aliphatic heterocycles. The van der Waals surface area contributed by atoms with Gasteiger partial charge in [0, 0.05) is 18.8 Å². The lowest BCUT2D eigenvalue weighted by molar-refractivity contribution is -0.146. The highest BCUT2D eigenvalue weighted by Crippen LogP contribution is 2.43. The van der Waals surface area contributed by atoms with Crippen LogP contribution in [-0.2, 0) is 15.1 Å². The number of methoxy groups -OCH3 is 1. The van der Waals surface area contributed by atoms with Crippen LogP contribution >= 0.6 is 11.6 Å². The summed E-state index contributed by atoms with van der Waals surface area (Å²) in [6.07, 6.45) is 2.58. The number of anilines is 2. The average molecular weight is 376 g/mol. The van der Waals surface area contributed by atoms with E-state index < -0.39 is 23.0 Å². The summed E-state index contributed by atoms with van der Waals surface area (Å²) in [5, 5.41) is 5.89. The molecule has 1 aliphatic rings. The van der Waals surface area contributed by atoms with Gasteiger partial charge in [-0.05, 0) is 43.2 Å². The first-order valence-corrected chi connectivity index (χ1v) is 8.40. The monoisotopic (exact) mass is 375 g/mol. The second kappa shape index (κ2) is 6.84. The molecule has 0 bridgehead atoms. The van der Waals surface area contributed by atoms with Gasteiger partial charge in [0.25, 0.3) is 11.5 Å². The normalized spacial score (nSPS) is 14.4. The van der Waals surface area contributed by atoms with E-state index in [1.54, 1.807) is 25.2 Å². The van der Waals surface area contributed by atoms with Crippen LogP contribution in [-0.4, -0.2) is 30.6 Å². The van der Waals surface area contributed by atoms with E-state index in [2.05, 4.69) is 10.6 Å². The maximum atomic E-state index is 12.7. The van der Waals surface area contributed by atoms with E-state index in [4.69, 9.17) is 16.3 Å². The highest BCUT2D eigenvalue weighted by Gasteiger charge is 2.53. The number of esters is 1. The minimum absolute atomic E-state index is 0.0847. The van der Waals surface area contributed by atoms with E-state index in [1.807, 2.05) is 0 Å². The summed E-state index contributed by atoms with van der Waals surface area (Å²) in [6.45, 7) is 0. The lowest BCUT2D eigenvalue weighted by atomic mass is 10.2. The Kier molecular flexibility index (Phi) is 4.73. The van der Waals surface area contributed by atoms with Crippen LogP contribution in [0.2, 0.25) is 5.02 Å². The van der Waals surface area contributed by atoms with E-state index in [-0.39, 0.29) is 5.69 Å². The number of carbonyl (C=O) groups excluding carboxylic acids is 2. The molecule has 3 rings (SSSR count). The van der Waals surface area contributed by atoms with E-state index in [0.29, 0.717) is 29.1 Å². The molecule has 8 heteroatoms. The van der Waals surface area contributed by atoms with E-state index in [9.17, 15) is 14.4 Å². The number of benzene rings is 1. The molecule has 0 unspecified atom stereocenters. The van der Waals surface area contributed by atoms with Gasteiger partial charge in [-0.15, -0.1) is 0 Å². The summed E-state index contributed by atoms with van der Waals surface area (Å²) >= 11 is 6.09. The fourth-order valence-electron chi connectivity index (χ4n) is 2.83. The van der Waals surface area contributed by atoms with Crippen molar-refractivity contribution in [2.75, 3.05) is 24.8 Å². The molecule has 0 spiro atoms. The van der Waals surface area contributed by atoms with Gasteiger partial charge < -0.3 is 15.4 Å². The third-order valence-corrected chi connectivity index (χ3v) is 4.76. The van der Waals surface area contributed by atoms with E-state index in [1.165, 1.54) is 30.0 Å². The van der Waals surface area contributed by atoms with Crippen LogP contribution < -0.4 is 16.2 Å². The van der Waals surface area contributed by atoms with Crippen LogP contribution in [0.4, 0.5) is 11.4 Å². The number of nitrogens with one attached hydrogen (secondary N) is 2. The Morgan fingerprint density at radius 3 is 2.54 bits per heavy atom. The predicted octanol–water partition coefficient (Wildman–Crippen LogP) is 2.46. The molecule has 0 radical (unpaired) electrons. The Bertz CT molecular complexity index is 934. The number of hydrogen-bond donors (Lipinski definition) is 2. The van der Waals surface area contributed by atoms with Crippen molar-refractivity contribution in [1.29, 1.82) is 0 Å². The zero-order valence-electron chi connectivity index (χ0n) is 14.3. The summed E-state index contributed by atoms with van der Waals surface area (Å²) in [4.78, 5) is 37.2. The molecule has 2 N–H and O–H groups in total. The van der Waals surface area contributed by atoms with Crippen molar-refractivity contribution in [1.82, 2.24) is 4.57 Å². The van der Waals surface area contributed by atoms with Crippen LogP contribution in [0.5, 0.6) is 0 Å². The number of amides is 1. The number of aromatic nitrogens is 1. The number of halogens is 1. The smallest absolute Gasteiger partial charge is 0.332 e. The maximum absolute atomic E-state index is 12.7. The van der Waals surface area contributed by atoms with Gasteiger partial charge in [0.05, 0.1) is 17.8 Å². The molecular formula is C18H18ClN3O4. The van der Waals surface area contributed by atoms with Gasteiger partial charge in [-0.2, -0.15) is 0 Å². The molecule has 1 aliphatic carbocycles. The molecule has 1 saturated carbocycles. The molecule has 1 heterocycles. The summed E-state index contributed by atoms with van der Waals surface area (Å²) in [7, 11) is 3.01. The fraction of sp³-hybridized carbons (Fsp3) is 0.278. The molecule has 1 fully saturated rings. The third-order valence-electron chi connectivity index (χ3n) is 4.45. The van der Waals surface area contributed by atoms with Crippen molar-refractivity contribution in [3.63, 3.8) is 0 Å². The van der Waals surface area contributed by atoms with Gasteiger partial charge in [-0.25, -0.2) is 4.79 Å². The standard InChI is InChI=1S/C18H18ClN3O4/c1-20-13-6-5-11(10-12(13)19)15(23)21-14-4-3-9-22(16(14)24)18(7-8-18)17(25)26-2/h3-6,9-10,20H,7-8H2,1-2H3,(H,21,23). The zero-order chi connectivity index (χ0) is 18.9. The third kappa shape index (κ3) is 3.06. The first-order chi connectivity index (χ1) is 12.4. The Balaban J connectivity index is 1.88. The minimum Gasteiger partial charge on any atom is -0.467 e. The van der Waals surface area contributed by atoms with Gasteiger partial charge >= 0.3 is 5.97 Å². The Morgan fingerprint density at radius 2 is 1.96 bits per heavy atom. The number of pyridine rings is 1. The van der Waals surface area contributed by atoms with E-state index in [0.717, 1.165) is 0 Å². The average Bonchev–Trinajstić information content (AvgIpc) is 3.44. The Labute approximate surface area is 154 Å². The van der Waals surface area contributed by atoms with Crippen molar-refractivity contribution in [3.05, 3.63) is 57.5 Å². The number of hydrogen-bond acceptors (Lipinski definition) is 5. The molecular weight excluding hydrogens is 358 g/mol. The lowest BCUT2D eigenvalue weighted by Crippen LogP contribution is -2.38. The SMILES string of the molecule is CNc1ccc(C(=O)Nc2cccn(C3(C(=O)OC)CC3)c2=O)cc1Cl. The summed E-state index contributed by atoms with van der Waals surface area (Å²) < 4.78 is 6.13. The van der Waals surface area contributed by atoms with Crippen LogP contribution in [0.25, 0.3) is 0 Å². The van der Waals surface area contributed by atoms with Crippen molar-refractivity contribution in [2.45, 2.75) is 18.4 Å². The van der Waals surface area contributed by atoms with E-state index >= 15 is 0 Å². The molecule has 136 valence electrons. The number of ether oxygens (including phenoxy) is 1. The van der Waals surface area contributed by atoms with Crippen LogP contribution in [0.3, 0.4) is 0 Å². The van der Waals surface area contributed by atoms with Gasteiger partial charge in [0.1, 0.15) is 11.2 Å². The van der Waals surface area contributed by atoms with Crippen molar-refractivity contribution in [2.24, 2.45) is 0 Å². The predicted molar refractivity (Wildman–Crippen MR) is 98.9 cm³/mol. The molecule has 26 heavy (non-hydrogen) atoms. The van der Waals surface area contributed by atoms with Crippen molar-refractivity contribution < 1.29 is 14.3 Å². The molecule has 0 atom stereocenters.